The summed E-state index contributed by atoms with van der Waals surface area (Å²) in [5, 5.41) is 2.95. The minimum atomic E-state index is -0.150. The lowest BCUT2D eigenvalue weighted by Gasteiger charge is -2.19. The van der Waals surface area contributed by atoms with Crippen molar-refractivity contribution in [1.82, 2.24) is 0 Å². The van der Waals surface area contributed by atoms with Gasteiger partial charge in [-0.2, -0.15) is 0 Å². The number of aryl methyl sites for hydroxylation is 1. The summed E-state index contributed by atoms with van der Waals surface area (Å²) in [5.41, 5.74) is 3.34. The van der Waals surface area contributed by atoms with E-state index in [1.807, 2.05) is 37.3 Å². The van der Waals surface area contributed by atoms with Gasteiger partial charge in [0.05, 0.1) is 14.2 Å². The number of hydrogen-bond acceptors (Lipinski definition) is 4. The molecule has 0 aromatic heterocycles. The molecule has 0 aliphatic carbocycles. The molecule has 5 heteroatoms. The maximum atomic E-state index is 12.6. The Morgan fingerprint density at radius 2 is 1.69 bits per heavy atom. The van der Waals surface area contributed by atoms with Crippen molar-refractivity contribution >= 4 is 17.3 Å². The molecule has 0 heterocycles. The predicted octanol–water partition coefficient (Wildman–Crippen LogP) is 4.50. The molecule has 2 rings (SSSR count). The molecule has 0 saturated heterocycles. The van der Waals surface area contributed by atoms with Gasteiger partial charge in [-0.1, -0.05) is 13.3 Å². The minimum Gasteiger partial charge on any atom is -0.493 e. The lowest BCUT2D eigenvalue weighted by atomic mass is 10.1. The van der Waals surface area contributed by atoms with Gasteiger partial charge in [-0.25, -0.2) is 0 Å². The van der Waals surface area contributed by atoms with Crippen molar-refractivity contribution in [2.24, 2.45) is 0 Å². The van der Waals surface area contributed by atoms with Crippen LogP contribution >= 0.6 is 0 Å². The maximum Gasteiger partial charge on any atom is 0.255 e. The zero-order chi connectivity index (χ0) is 19.1. The van der Waals surface area contributed by atoms with Crippen LogP contribution in [-0.4, -0.2) is 33.7 Å². The summed E-state index contributed by atoms with van der Waals surface area (Å²) in [6.45, 7) is 5.10. The second-order valence-corrected chi connectivity index (χ2v) is 6.30. The summed E-state index contributed by atoms with van der Waals surface area (Å²) in [4.78, 5) is 14.8. The first kappa shape index (κ1) is 19.6. The zero-order valence-electron chi connectivity index (χ0n) is 16.3. The largest absolute Gasteiger partial charge is 0.493 e. The highest BCUT2D eigenvalue weighted by Crippen LogP contribution is 2.33. The van der Waals surface area contributed by atoms with E-state index in [1.54, 1.807) is 20.3 Å². The van der Waals surface area contributed by atoms with Crippen LogP contribution in [0, 0.1) is 6.92 Å². The van der Waals surface area contributed by atoms with Crippen molar-refractivity contribution in [1.29, 1.82) is 0 Å². The van der Waals surface area contributed by atoms with Crippen molar-refractivity contribution < 1.29 is 14.3 Å². The van der Waals surface area contributed by atoms with E-state index in [0.717, 1.165) is 30.6 Å². The Bertz CT molecular complexity index is 742. The summed E-state index contributed by atoms with van der Waals surface area (Å²) < 4.78 is 10.6. The molecule has 0 bridgehead atoms. The Kier molecular flexibility index (Phi) is 6.89. The number of anilines is 2. The summed E-state index contributed by atoms with van der Waals surface area (Å²) in [6, 6.07) is 11.3. The first-order valence-corrected chi connectivity index (χ1v) is 8.85. The molecule has 1 N–H and O–H groups in total. The number of methoxy groups -OCH3 is 2. The van der Waals surface area contributed by atoms with Crippen LogP contribution in [0.25, 0.3) is 0 Å². The van der Waals surface area contributed by atoms with Gasteiger partial charge in [-0.15, -0.1) is 0 Å². The number of amides is 1. The smallest absolute Gasteiger partial charge is 0.255 e. The van der Waals surface area contributed by atoms with Crippen LogP contribution in [0.4, 0.5) is 11.4 Å². The van der Waals surface area contributed by atoms with E-state index < -0.39 is 0 Å². The van der Waals surface area contributed by atoms with Crippen molar-refractivity contribution in [3.05, 3.63) is 47.5 Å². The topological polar surface area (TPSA) is 50.8 Å². The van der Waals surface area contributed by atoms with Crippen LogP contribution in [0.2, 0.25) is 0 Å². The normalized spacial score (nSPS) is 10.3. The molecular weight excluding hydrogens is 328 g/mol. The van der Waals surface area contributed by atoms with Gasteiger partial charge in [-0.3, -0.25) is 4.79 Å². The number of carbonyl (C=O) groups is 1. The third-order valence-corrected chi connectivity index (χ3v) is 4.40. The Hall–Kier alpha value is -2.69. The third-order valence-electron chi connectivity index (χ3n) is 4.40. The Balaban J connectivity index is 2.12. The minimum absolute atomic E-state index is 0.150. The first-order valence-electron chi connectivity index (χ1n) is 8.85. The molecule has 1 amide bonds. The Morgan fingerprint density at radius 3 is 2.27 bits per heavy atom. The lowest BCUT2D eigenvalue weighted by molar-refractivity contribution is 0.102. The molecule has 0 unspecified atom stereocenters. The van der Waals surface area contributed by atoms with Gasteiger partial charge in [-0.05, 0) is 49.2 Å². The number of benzene rings is 2. The molecule has 0 aliphatic heterocycles. The zero-order valence-corrected chi connectivity index (χ0v) is 16.3. The third kappa shape index (κ3) is 4.69. The van der Waals surface area contributed by atoms with Crippen LogP contribution in [0.1, 0.15) is 35.7 Å². The van der Waals surface area contributed by atoms with E-state index in [0.29, 0.717) is 22.7 Å². The van der Waals surface area contributed by atoms with E-state index in [1.165, 1.54) is 0 Å². The van der Waals surface area contributed by atoms with Crippen LogP contribution in [0.3, 0.4) is 0 Å². The molecule has 0 fully saturated rings. The summed E-state index contributed by atoms with van der Waals surface area (Å²) in [6.07, 6.45) is 2.31. The van der Waals surface area contributed by atoms with Gasteiger partial charge in [0.15, 0.2) is 11.5 Å². The summed E-state index contributed by atoms with van der Waals surface area (Å²) in [5.74, 6) is 1.08. The van der Waals surface area contributed by atoms with Gasteiger partial charge in [0.25, 0.3) is 5.91 Å². The highest BCUT2D eigenvalue weighted by molar-refractivity contribution is 6.05. The highest BCUT2D eigenvalue weighted by atomic mass is 16.5. The number of rotatable bonds is 8. The fraction of sp³-hybridized carbons (Fsp3) is 0.381. The van der Waals surface area contributed by atoms with Gasteiger partial charge in [0.2, 0.25) is 0 Å². The van der Waals surface area contributed by atoms with E-state index in [4.69, 9.17) is 9.47 Å². The van der Waals surface area contributed by atoms with Crippen molar-refractivity contribution in [2.75, 3.05) is 38.0 Å². The predicted molar refractivity (Wildman–Crippen MR) is 107 cm³/mol. The van der Waals surface area contributed by atoms with E-state index in [2.05, 4.69) is 24.2 Å². The van der Waals surface area contributed by atoms with E-state index in [9.17, 15) is 4.79 Å². The summed E-state index contributed by atoms with van der Waals surface area (Å²) >= 11 is 0. The van der Waals surface area contributed by atoms with Crippen LogP contribution in [0.15, 0.2) is 36.4 Å². The monoisotopic (exact) mass is 356 g/mol. The molecule has 0 radical (unpaired) electrons. The van der Waals surface area contributed by atoms with Gasteiger partial charge in [0, 0.05) is 36.6 Å². The van der Waals surface area contributed by atoms with Crippen molar-refractivity contribution in [2.45, 2.75) is 26.7 Å². The van der Waals surface area contributed by atoms with E-state index in [-0.39, 0.29) is 5.91 Å². The fourth-order valence-corrected chi connectivity index (χ4v) is 2.70. The van der Waals surface area contributed by atoms with Gasteiger partial charge in [0.1, 0.15) is 0 Å². The molecule has 2 aromatic carbocycles. The van der Waals surface area contributed by atoms with Crippen LogP contribution < -0.4 is 19.7 Å². The van der Waals surface area contributed by atoms with Gasteiger partial charge < -0.3 is 19.7 Å². The van der Waals surface area contributed by atoms with Gasteiger partial charge >= 0.3 is 0 Å². The molecule has 0 atom stereocenters. The van der Waals surface area contributed by atoms with Crippen LogP contribution in [-0.2, 0) is 0 Å². The second-order valence-electron chi connectivity index (χ2n) is 6.30. The second kappa shape index (κ2) is 9.13. The number of unbranched alkanes of at least 4 members (excludes halogenated alkanes) is 1. The molecule has 26 heavy (non-hydrogen) atoms. The molecule has 140 valence electrons. The molecule has 0 saturated carbocycles. The Labute approximate surface area is 155 Å². The number of hydrogen-bond donors (Lipinski definition) is 1. The number of ether oxygens (including phenoxy) is 2. The maximum absolute atomic E-state index is 12.6. The van der Waals surface area contributed by atoms with Crippen LogP contribution in [0.5, 0.6) is 11.5 Å². The molecule has 2 aromatic rings. The number of nitrogens with one attached hydrogen (secondary N) is 1. The fourth-order valence-electron chi connectivity index (χ4n) is 2.70. The molecular formula is C21H28N2O3. The number of nitrogens with zero attached hydrogens (tertiary/aromatic N) is 1. The average molecular weight is 356 g/mol. The Morgan fingerprint density at radius 1 is 1.08 bits per heavy atom. The quantitative estimate of drug-likeness (QED) is 0.756. The summed E-state index contributed by atoms with van der Waals surface area (Å²) in [7, 11) is 5.24. The molecule has 5 nitrogen and oxygen atoms in total. The highest BCUT2D eigenvalue weighted by Gasteiger charge is 2.12. The van der Waals surface area contributed by atoms with Crippen molar-refractivity contribution in [3.8, 4) is 11.5 Å². The average Bonchev–Trinajstić information content (AvgIpc) is 2.67. The SMILES string of the molecule is CCCCN(C)c1ccc(C(=O)Nc2cc(OC)c(OC)cc2C)cc1. The lowest BCUT2D eigenvalue weighted by Crippen LogP contribution is -2.18. The van der Waals surface area contributed by atoms with Crippen molar-refractivity contribution in [3.63, 3.8) is 0 Å². The number of carbonyl (C=O) groups excluding carboxylic acids is 1. The first-order chi connectivity index (χ1) is 12.5. The molecule has 0 aliphatic rings. The van der Waals surface area contributed by atoms with E-state index >= 15 is 0 Å². The molecule has 0 spiro atoms. The standard InChI is InChI=1S/C21H28N2O3/c1-6-7-12-23(3)17-10-8-16(9-11-17)21(24)22-18-14-20(26-5)19(25-4)13-15(18)2/h8-11,13-14H,6-7,12H2,1-5H3,(H,22,24).